The van der Waals surface area contributed by atoms with Crippen LogP contribution in [0.2, 0.25) is 0 Å². The summed E-state index contributed by atoms with van der Waals surface area (Å²) in [5.74, 6) is 0.786. The summed E-state index contributed by atoms with van der Waals surface area (Å²) in [6.07, 6.45) is 4.61. The summed E-state index contributed by atoms with van der Waals surface area (Å²) in [5, 5.41) is 3.39. The molecule has 0 unspecified atom stereocenters. The Morgan fingerprint density at radius 3 is 2.60 bits per heavy atom. The summed E-state index contributed by atoms with van der Waals surface area (Å²) in [6, 6.07) is 5.10. The molecule has 0 saturated carbocycles. The van der Waals surface area contributed by atoms with Crippen molar-refractivity contribution in [3.05, 3.63) is 29.6 Å². The topological polar surface area (TPSA) is 49.3 Å². The van der Waals surface area contributed by atoms with Crippen LogP contribution in [0.1, 0.15) is 38.2 Å². The van der Waals surface area contributed by atoms with Crippen molar-refractivity contribution in [1.82, 2.24) is 15.1 Å². The first-order valence-electron chi connectivity index (χ1n) is 10.7. The molecule has 3 rings (SSSR count). The van der Waals surface area contributed by atoms with Crippen LogP contribution in [0, 0.1) is 5.82 Å². The molecule has 2 heterocycles. The predicted molar refractivity (Wildman–Crippen MR) is 129 cm³/mol. The summed E-state index contributed by atoms with van der Waals surface area (Å²) in [4.78, 5) is 9.71. The van der Waals surface area contributed by atoms with Crippen LogP contribution < -0.4 is 10.1 Å². The molecule has 6 nitrogen and oxygen atoms in total. The van der Waals surface area contributed by atoms with Crippen molar-refractivity contribution in [2.75, 3.05) is 53.6 Å². The van der Waals surface area contributed by atoms with Crippen LogP contribution in [0.15, 0.2) is 23.2 Å². The number of methoxy groups -OCH3 is 1. The van der Waals surface area contributed by atoms with Crippen molar-refractivity contribution in [3.63, 3.8) is 0 Å². The van der Waals surface area contributed by atoms with Crippen LogP contribution in [-0.4, -0.2) is 74.8 Å². The number of likely N-dealkylation sites (tertiary alicyclic amines) is 1. The molecule has 8 heteroatoms. The second-order valence-corrected chi connectivity index (χ2v) is 8.03. The Bertz CT molecular complexity index is 692. The van der Waals surface area contributed by atoms with Gasteiger partial charge in [0.05, 0.1) is 13.7 Å². The van der Waals surface area contributed by atoms with Gasteiger partial charge in [-0.3, -0.25) is 9.89 Å². The maximum Gasteiger partial charge on any atom is 0.194 e. The van der Waals surface area contributed by atoms with E-state index in [1.165, 1.54) is 26.0 Å². The quantitative estimate of drug-likeness (QED) is 0.330. The molecule has 0 atom stereocenters. The lowest BCUT2D eigenvalue weighted by Gasteiger charge is -2.43. The smallest absolute Gasteiger partial charge is 0.194 e. The molecule has 170 valence electrons. The summed E-state index contributed by atoms with van der Waals surface area (Å²) in [6.45, 7) is 8.14. The molecule has 2 aliphatic rings. The lowest BCUT2D eigenvalue weighted by atomic mass is 9.88. The Morgan fingerprint density at radius 2 is 2.00 bits per heavy atom. The number of nitrogens with one attached hydrogen (secondary N) is 1. The van der Waals surface area contributed by atoms with E-state index in [1.807, 2.05) is 13.1 Å². The van der Waals surface area contributed by atoms with Crippen molar-refractivity contribution in [2.45, 2.75) is 44.7 Å². The third kappa shape index (κ3) is 6.20. The van der Waals surface area contributed by atoms with Crippen LogP contribution in [0.25, 0.3) is 0 Å². The minimum absolute atomic E-state index is 0. The number of hydrogen-bond donors (Lipinski definition) is 1. The van der Waals surface area contributed by atoms with E-state index in [2.05, 4.69) is 22.0 Å². The van der Waals surface area contributed by atoms with E-state index in [9.17, 15) is 4.39 Å². The molecule has 2 fully saturated rings. The van der Waals surface area contributed by atoms with Crippen LogP contribution in [0.4, 0.5) is 4.39 Å². The van der Waals surface area contributed by atoms with E-state index in [4.69, 9.17) is 14.5 Å². The zero-order chi connectivity index (χ0) is 20.7. The molecule has 0 bridgehead atoms. The van der Waals surface area contributed by atoms with Gasteiger partial charge >= 0.3 is 0 Å². The average Bonchev–Trinajstić information content (AvgIpc) is 3.27. The van der Waals surface area contributed by atoms with Crippen LogP contribution in [0.5, 0.6) is 5.75 Å². The average molecular weight is 534 g/mol. The largest absolute Gasteiger partial charge is 0.494 e. The molecule has 0 radical (unpaired) electrons. The highest BCUT2D eigenvalue weighted by Crippen LogP contribution is 2.31. The van der Waals surface area contributed by atoms with E-state index in [0.29, 0.717) is 6.54 Å². The van der Waals surface area contributed by atoms with Crippen molar-refractivity contribution in [3.8, 4) is 5.75 Å². The number of nitrogens with zero attached hydrogens (tertiary/aromatic N) is 3. The van der Waals surface area contributed by atoms with Gasteiger partial charge in [-0.25, -0.2) is 4.39 Å². The number of benzene rings is 1. The molecule has 1 N–H and O–H groups in total. The van der Waals surface area contributed by atoms with Crippen molar-refractivity contribution < 1.29 is 13.9 Å². The summed E-state index contributed by atoms with van der Waals surface area (Å²) >= 11 is 0. The van der Waals surface area contributed by atoms with E-state index < -0.39 is 0 Å². The lowest BCUT2D eigenvalue weighted by Crippen LogP contribution is -2.54. The van der Waals surface area contributed by atoms with Crippen molar-refractivity contribution in [1.29, 1.82) is 0 Å². The first-order valence-corrected chi connectivity index (χ1v) is 10.7. The molecular weight excluding hydrogens is 498 g/mol. The minimum Gasteiger partial charge on any atom is -0.494 e. The van der Waals surface area contributed by atoms with E-state index in [1.54, 1.807) is 6.07 Å². The van der Waals surface area contributed by atoms with Crippen LogP contribution in [0.3, 0.4) is 0 Å². The Kier molecular flexibility index (Phi) is 10.1. The first kappa shape index (κ1) is 25.1. The number of ether oxygens (including phenoxy) is 2. The van der Waals surface area contributed by atoms with Gasteiger partial charge in [0.15, 0.2) is 17.5 Å². The molecule has 2 saturated heterocycles. The van der Waals surface area contributed by atoms with E-state index in [0.717, 1.165) is 63.8 Å². The van der Waals surface area contributed by atoms with Gasteiger partial charge < -0.3 is 19.7 Å². The fourth-order valence-corrected chi connectivity index (χ4v) is 4.37. The molecule has 0 aromatic heterocycles. The number of rotatable bonds is 7. The number of halogens is 2. The normalized spacial score (nSPS) is 19.3. The molecule has 0 aliphatic carbocycles. The Morgan fingerprint density at radius 1 is 1.30 bits per heavy atom. The van der Waals surface area contributed by atoms with Crippen LogP contribution in [-0.2, 0) is 11.3 Å². The van der Waals surface area contributed by atoms with Crippen LogP contribution >= 0.6 is 24.0 Å². The van der Waals surface area contributed by atoms with Gasteiger partial charge in [-0.2, -0.15) is 0 Å². The van der Waals surface area contributed by atoms with E-state index in [-0.39, 0.29) is 41.1 Å². The third-order valence-corrected chi connectivity index (χ3v) is 6.06. The highest BCUT2D eigenvalue weighted by Gasteiger charge is 2.39. The van der Waals surface area contributed by atoms with E-state index >= 15 is 0 Å². The van der Waals surface area contributed by atoms with Gasteiger partial charge in [-0.15, -0.1) is 24.0 Å². The summed E-state index contributed by atoms with van der Waals surface area (Å²) < 4.78 is 24.7. The van der Waals surface area contributed by atoms with Gasteiger partial charge in [-0.05, 0) is 63.4 Å². The minimum atomic E-state index is -0.337. The lowest BCUT2D eigenvalue weighted by molar-refractivity contribution is -0.0139. The number of guanidine groups is 1. The molecule has 1 aromatic carbocycles. The number of hydrogen-bond acceptors (Lipinski definition) is 4. The molecule has 0 spiro atoms. The number of aliphatic imine (C=N–C) groups is 1. The Labute approximate surface area is 197 Å². The van der Waals surface area contributed by atoms with Gasteiger partial charge in [-0.1, -0.05) is 6.07 Å². The monoisotopic (exact) mass is 534 g/mol. The Hall–Kier alpha value is -1.13. The fraction of sp³-hybridized carbons (Fsp3) is 0.682. The fourth-order valence-electron chi connectivity index (χ4n) is 4.37. The standard InChI is InChI=1S/C22H35FN4O2.HI/c1-4-24-21(26(2)16-18-7-8-20(28-3)19(23)15-18)25-17-22(9-13-29-14-10-22)27-11-5-6-12-27;/h7-8,15H,4-6,9-14,16-17H2,1-3H3,(H,24,25);1H. The maximum atomic E-state index is 14.1. The maximum absolute atomic E-state index is 14.1. The molecule has 0 amide bonds. The highest BCUT2D eigenvalue weighted by molar-refractivity contribution is 14.0. The van der Waals surface area contributed by atoms with Crippen molar-refractivity contribution in [2.24, 2.45) is 4.99 Å². The zero-order valence-electron chi connectivity index (χ0n) is 18.5. The second kappa shape index (κ2) is 12.0. The van der Waals surface area contributed by atoms with Gasteiger partial charge in [0, 0.05) is 38.9 Å². The molecule has 30 heavy (non-hydrogen) atoms. The SMILES string of the molecule is CCNC(=NCC1(N2CCCC2)CCOCC1)N(C)Cc1ccc(OC)c(F)c1.I. The van der Waals surface area contributed by atoms with Gasteiger partial charge in [0.25, 0.3) is 0 Å². The highest BCUT2D eigenvalue weighted by atomic mass is 127. The predicted octanol–water partition coefficient (Wildman–Crippen LogP) is 3.49. The van der Waals surface area contributed by atoms with Gasteiger partial charge in [0.1, 0.15) is 0 Å². The third-order valence-electron chi connectivity index (χ3n) is 6.06. The first-order chi connectivity index (χ1) is 14.1. The zero-order valence-corrected chi connectivity index (χ0v) is 20.8. The molecule has 2 aliphatic heterocycles. The second-order valence-electron chi connectivity index (χ2n) is 8.03. The van der Waals surface area contributed by atoms with Gasteiger partial charge in [0.2, 0.25) is 0 Å². The summed E-state index contributed by atoms with van der Waals surface area (Å²) in [7, 11) is 3.47. The molecule has 1 aromatic rings. The molecular formula is C22H36FIN4O2. The van der Waals surface area contributed by atoms with Crippen molar-refractivity contribution >= 4 is 29.9 Å². The Balaban J connectivity index is 0.00000320. The summed E-state index contributed by atoms with van der Waals surface area (Å²) in [5.41, 5.74) is 0.986.